The standard InChI is InChI=1S/C14H18N4O2/c1-9(2)12-17-14(20-18-12)16-8-10-5-4-6-11(7-10)13(19)15-3/h4-7,9H,8H2,1-3H3,(H,15,19)(H,16,17,18). The summed E-state index contributed by atoms with van der Waals surface area (Å²) in [6, 6.07) is 7.75. The first-order valence-electron chi connectivity index (χ1n) is 6.48. The predicted octanol–water partition coefficient (Wildman–Crippen LogP) is 2.16. The first-order valence-corrected chi connectivity index (χ1v) is 6.48. The molecule has 6 heteroatoms. The number of benzene rings is 1. The maximum absolute atomic E-state index is 11.5. The molecule has 0 bridgehead atoms. The maximum Gasteiger partial charge on any atom is 0.321 e. The van der Waals surface area contributed by atoms with Gasteiger partial charge in [-0.1, -0.05) is 31.1 Å². The fraction of sp³-hybridized carbons (Fsp3) is 0.357. The summed E-state index contributed by atoms with van der Waals surface area (Å²) in [5.74, 6) is 0.796. The second-order valence-corrected chi connectivity index (χ2v) is 4.75. The van der Waals surface area contributed by atoms with Gasteiger partial charge in [0.05, 0.1) is 0 Å². The second kappa shape index (κ2) is 6.18. The Morgan fingerprint density at radius 2 is 2.20 bits per heavy atom. The van der Waals surface area contributed by atoms with Gasteiger partial charge in [0.1, 0.15) is 0 Å². The van der Waals surface area contributed by atoms with Crippen molar-refractivity contribution >= 4 is 11.9 Å². The summed E-state index contributed by atoms with van der Waals surface area (Å²) in [5, 5.41) is 9.52. The number of hydrogen-bond donors (Lipinski definition) is 2. The molecule has 0 saturated carbocycles. The lowest BCUT2D eigenvalue weighted by Crippen LogP contribution is -2.17. The maximum atomic E-state index is 11.5. The molecule has 0 aliphatic rings. The van der Waals surface area contributed by atoms with E-state index in [-0.39, 0.29) is 11.8 Å². The third kappa shape index (κ3) is 3.34. The number of carbonyl (C=O) groups excluding carboxylic acids is 1. The molecule has 0 atom stereocenters. The molecule has 1 aromatic carbocycles. The Morgan fingerprint density at radius 3 is 2.85 bits per heavy atom. The summed E-state index contributed by atoms with van der Waals surface area (Å²) < 4.78 is 5.10. The largest absolute Gasteiger partial charge is 0.355 e. The lowest BCUT2D eigenvalue weighted by Gasteiger charge is -2.04. The molecule has 1 aromatic heterocycles. The Labute approximate surface area is 117 Å². The first-order chi connectivity index (χ1) is 9.60. The lowest BCUT2D eigenvalue weighted by atomic mass is 10.1. The first kappa shape index (κ1) is 14.0. The van der Waals surface area contributed by atoms with E-state index in [0.717, 1.165) is 5.56 Å². The highest BCUT2D eigenvalue weighted by Crippen LogP contribution is 2.13. The minimum absolute atomic E-state index is 0.105. The van der Waals surface area contributed by atoms with Crippen LogP contribution in [0.3, 0.4) is 0 Å². The number of aromatic nitrogens is 2. The zero-order valence-corrected chi connectivity index (χ0v) is 11.8. The van der Waals surface area contributed by atoms with Crippen LogP contribution in [0.4, 0.5) is 6.01 Å². The Hall–Kier alpha value is -2.37. The van der Waals surface area contributed by atoms with Crippen LogP contribution in [0, 0.1) is 0 Å². The summed E-state index contributed by atoms with van der Waals surface area (Å²) in [4.78, 5) is 15.8. The van der Waals surface area contributed by atoms with E-state index in [2.05, 4.69) is 20.8 Å². The van der Waals surface area contributed by atoms with Crippen molar-refractivity contribution in [3.63, 3.8) is 0 Å². The number of nitrogens with one attached hydrogen (secondary N) is 2. The van der Waals surface area contributed by atoms with Crippen LogP contribution in [0.1, 0.15) is 41.5 Å². The average Bonchev–Trinajstić information content (AvgIpc) is 2.93. The van der Waals surface area contributed by atoms with Gasteiger partial charge in [-0.05, 0) is 17.7 Å². The molecule has 0 radical (unpaired) electrons. The smallest absolute Gasteiger partial charge is 0.321 e. The molecule has 0 fully saturated rings. The van der Waals surface area contributed by atoms with Crippen LogP contribution in [0.2, 0.25) is 0 Å². The number of amides is 1. The van der Waals surface area contributed by atoms with E-state index in [0.29, 0.717) is 23.9 Å². The van der Waals surface area contributed by atoms with Gasteiger partial charge < -0.3 is 15.2 Å². The van der Waals surface area contributed by atoms with Crippen LogP contribution < -0.4 is 10.6 Å². The van der Waals surface area contributed by atoms with E-state index in [4.69, 9.17) is 4.52 Å². The highest BCUT2D eigenvalue weighted by molar-refractivity contribution is 5.94. The van der Waals surface area contributed by atoms with Crippen molar-refractivity contribution in [2.45, 2.75) is 26.3 Å². The Balaban J connectivity index is 2.01. The van der Waals surface area contributed by atoms with Crippen molar-refractivity contribution in [1.82, 2.24) is 15.5 Å². The Morgan fingerprint density at radius 1 is 1.40 bits per heavy atom. The fourth-order valence-electron chi connectivity index (χ4n) is 1.69. The quantitative estimate of drug-likeness (QED) is 0.873. The molecular weight excluding hydrogens is 256 g/mol. The molecule has 2 aromatic rings. The summed E-state index contributed by atoms with van der Waals surface area (Å²) >= 11 is 0. The van der Waals surface area contributed by atoms with Gasteiger partial charge in [-0.15, -0.1) is 0 Å². The molecular formula is C14H18N4O2. The third-order valence-electron chi connectivity index (χ3n) is 2.82. The van der Waals surface area contributed by atoms with E-state index >= 15 is 0 Å². The molecule has 2 rings (SSSR count). The summed E-state index contributed by atoms with van der Waals surface area (Å²) in [6.07, 6.45) is 0. The molecule has 0 saturated heterocycles. The Bertz CT molecular complexity index is 592. The monoisotopic (exact) mass is 274 g/mol. The Kier molecular flexibility index (Phi) is 4.34. The minimum atomic E-state index is -0.105. The highest BCUT2D eigenvalue weighted by Gasteiger charge is 2.09. The minimum Gasteiger partial charge on any atom is -0.355 e. The number of rotatable bonds is 5. The molecule has 0 spiro atoms. The normalized spacial score (nSPS) is 10.6. The van der Waals surface area contributed by atoms with Crippen molar-refractivity contribution in [3.05, 3.63) is 41.2 Å². The van der Waals surface area contributed by atoms with Gasteiger partial charge in [-0.2, -0.15) is 4.98 Å². The highest BCUT2D eigenvalue weighted by atomic mass is 16.5. The van der Waals surface area contributed by atoms with Gasteiger partial charge in [-0.25, -0.2) is 0 Å². The average molecular weight is 274 g/mol. The zero-order valence-electron chi connectivity index (χ0n) is 11.8. The van der Waals surface area contributed by atoms with E-state index < -0.39 is 0 Å². The molecule has 6 nitrogen and oxygen atoms in total. The predicted molar refractivity (Wildman–Crippen MR) is 75.5 cm³/mol. The molecule has 0 aliphatic heterocycles. The van der Waals surface area contributed by atoms with Gasteiger partial charge in [0.15, 0.2) is 5.82 Å². The molecule has 106 valence electrons. The van der Waals surface area contributed by atoms with Crippen LogP contribution in [-0.2, 0) is 6.54 Å². The van der Waals surface area contributed by atoms with E-state index in [9.17, 15) is 4.79 Å². The molecule has 2 N–H and O–H groups in total. The van der Waals surface area contributed by atoms with Crippen LogP contribution in [0.25, 0.3) is 0 Å². The molecule has 1 heterocycles. The van der Waals surface area contributed by atoms with E-state index in [1.54, 1.807) is 13.1 Å². The number of anilines is 1. The van der Waals surface area contributed by atoms with Gasteiger partial charge >= 0.3 is 6.01 Å². The van der Waals surface area contributed by atoms with Crippen LogP contribution in [0.15, 0.2) is 28.8 Å². The van der Waals surface area contributed by atoms with Crippen molar-refractivity contribution < 1.29 is 9.32 Å². The van der Waals surface area contributed by atoms with Gasteiger partial charge in [0.2, 0.25) is 0 Å². The van der Waals surface area contributed by atoms with Crippen molar-refractivity contribution in [1.29, 1.82) is 0 Å². The summed E-state index contributed by atoms with van der Waals surface area (Å²) in [5.41, 5.74) is 1.59. The number of nitrogens with zero attached hydrogens (tertiary/aromatic N) is 2. The zero-order chi connectivity index (χ0) is 14.5. The molecule has 0 unspecified atom stereocenters. The topological polar surface area (TPSA) is 80.0 Å². The van der Waals surface area contributed by atoms with Crippen molar-refractivity contribution in [3.8, 4) is 0 Å². The molecule has 20 heavy (non-hydrogen) atoms. The summed E-state index contributed by atoms with van der Waals surface area (Å²) in [7, 11) is 1.61. The van der Waals surface area contributed by atoms with Gasteiger partial charge in [0.25, 0.3) is 5.91 Å². The molecule has 0 aliphatic carbocycles. The van der Waals surface area contributed by atoms with E-state index in [1.165, 1.54) is 0 Å². The number of hydrogen-bond acceptors (Lipinski definition) is 5. The SMILES string of the molecule is CNC(=O)c1cccc(CNc2nc(C(C)C)no2)c1. The summed E-state index contributed by atoms with van der Waals surface area (Å²) in [6.45, 7) is 4.52. The second-order valence-electron chi connectivity index (χ2n) is 4.75. The van der Waals surface area contributed by atoms with Gasteiger partial charge in [-0.3, -0.25) is 4.79 Å². The van der Waals surface area contributed by atoms with E-state index in [1.807, 2.05) is 32.0 Å². The van der Waals surface area contributed by atoms with Gasteiger partial charge in [0, 0.05) is 25.1 Å². The molecule has 1 amide bonds. The van der Waals surface area contributed by atoms with Crippen LogP contribution in [-0.4, -0.2) is 23.1 Å². The van der Waals surface area contributed by atoms with Crippen LogP contribution >= 0.6 is 0 Å². The number of carbonyl (C=O) groups is 1. The van der Waals surface area contributed by atoms with Crippen molar-refractivity contribution in [2.75, 3.05) is 12.4 Å². The fourth-order valence-corrected chi connectivity index (χ4v) is 1.69. The van der Waals surface area contributed by atoms with Crippen LogP contribution in [0.5, 0.6) is 0 Å². The lowest BCUT2D eigenvalue weighted by molar-refractivity contribution is 0.0963. The third-order valence-corrected chi connectivity index (χ3v) is 2.82. The van der Waals surface area contributed by atoms with Crippen molar-refractivity contribution in [2.24, 2.45) is 0 Å².